The number of halogens is 2. The Morgan fingerprint density at radius 3 is 1.90 bits per heavy atom. The van der Waals surface area contributed by atoms with E-state index in [9.17, 15) is 32.4 Å². The molecule has 0 radical (unpaired) electrons. The number of esters is 2. The van der Waals surface area contributed by atoms with Crippen molar-refractivity contribution in [1.29, 1.82) is 0 Å². The molecule has 2 amide bonds. The van der Waals surface area contributed by atoms with Gasteiger partial charge in [0.25, 0.3) is 11.8 Å². The van der Waals surface area contributed by atoms with E-state index in [1.165, 1.54) is 36.4 Å². The van der Waals surface area contributed by atoms with E-state index < -0.39 is 64.2 Å². The fourth-order valence-corrected chi connectivity index (χ4v) is 5.07. The Balaban J connectivity index is 1.44. The smallest absolute Gasteiger partial charge is 0.343 e. The van der Waals surface area contributed by atoms with Crippen molar-refractivity contribution in [2.45, 2.75) is 19.4 Å². The maximum Gasteiger partial charge on any atom is 0.343 e. The van der Waals surface area contributed by atoms with Crippen LogP contribution < -0.4 is 4.74 Å². The molecule has 3 aromatic rings. The predicted octanol–water partition coefficient (Wildman–Crippen LogP) is 4.35. The Morgan fingerprint density at radius 2 is 1.38 bits per heavy atom. The van der Waals surface area contributed by atoms with Crippen LogP contribution in [0.15, 0.2) is 60.7 Å². The molecule has 0 aliphatic carbocycles. The summed E-state index contributed by atoms with van der Waals surface area (Å²) in [7, 11) is -3.61. The van der Waals surface area contributed by atoms with E-state index in [1.807, 2.05) is 6.92 Å². The van der Waals surface area contributed by atoms with Gasteiger partial charge in [-0.05, 0) is 61.9 Å². The summed E-state index contributed by atoms with van der Waals surface area (Å²) in [5.74, 6) is -4.50. The molecule has 13 heteroatoms. The molecule has 0 saturated heterocycles. The molecule has 0 unspecified atom stereocenters. The predicted molar refractivity (Wildman–Crippen MR) is 153 cm³/mol. The lowest BCUT2D eigenvalue weighted by molar-refractivity contribution is -0.147. The SMILES string of the molecule is Cc1ccc(C(=O)Oc2ccc(C(=O)COC(=O)[C@@H](CCS(C)(=O)=O)N3C(=O)c4cc(Cl)c(Cl)cc4C3=O)cc2)cc1. The number of imide groups is 1. The van der Waals surface area contributed by atoms with E-state index in [-0.39, 0.29) is 32.5 Å². The highest BCUT2D eigenvalue weighted by molar-refractivity contribution is 7.90. The summed E-state index contributed by atoms with van der Waals surface area (Å²) in [4.78, 5) is 64.8. The van der Waals surface area contributed by atoms with Crippen LogP contribution in [0.1, 0.15) is 53.4 Å². The summed E-state index contributed by atoms with van der Waals surface area (Å²) in [6.45, 7) is 1.12. The van der Waals surface area contributed by atoms with Gasteiger partial charge in [0, 0.05) is 11.8 Å². The fourth-order valence-electron chi connectivity index (χ4n) is 4.09. The van der Waals surface area contributed by atoms with E-state index in [1.54, 1.807) is 24.3 Å². The number of ketones is 1. The van der Waals surface area contributed by atoms with Gasteiger partial charge in [-0.15, -0.1) is 0 Å². The lowest BCUT2D eigenvalue weighted by Crippen LogP contribution is -2.46. The maximum absolute atomic E-state index is 13.1. The molecule has 3 aromatic carbocycles. The molecule has 0 N–H and O–H groups in total. The molecule has 0 aromatic heterocycles. The van der Waals surface area contributed by atoms with Crippen LogP contribution in [0, 0.1) is 6.92 Å². The minimum absolute atomic E-state index is 0.00945. The largest absolute Gasteiger partial charge is 0.456 e. The van der Waals surface area contributed by atoms with Crippen LogP contribution >= 0.6 is 23.2 Å². The average molecular weight is 632 g/mol. The van der Waals surface area contributed by atoms with Gasteiger partial charge in [0.05, 0.1) is 32.5 Å². The van der Waals surface area contributed by atoms with Gasteiger partial charge in [0.2, 0.25) is 0 Å². The second-order valence-electron chi connectivity index (χ2n) is 9.54. The molecule has 0 saturated carbocycles. The van der Waals surface area contributed by atoms with E-state index in [4.69, 9.17) is 32.7 Å². The second-order valence-corrected chi connectivity index (χ2v) is 12.6. The Bertz CT molecular complexity index is 1660. The number of rotatable bonds is 10. The number of sulfone groups is 1. The van der Waals surface area contributed by atoms with Gasteiger partial charge in [-0.1, -0.05) is 40.9 Å². The number of fused-ring (bicyclic) bond motifs is 1. The van der Waals surface area contributed by atoms with E-state index in [2.05, 4.69) is 0 Å². The van der Waals surface area contributed by atoms with Crippen molar-refractivity contribution in [3.63, 3.8) is 0 Å². The van der Waals surface area contributed by atoms with Crippen LogP contribution in [0.5, 0.6) is 5.75 Å². The van der Waals surface area contributed by atoms with E-state index in [0.717, 1.165) is 11.8 Å². The molecule has 42 heavy (non-hydrogen) atoms. The summed E-state index contributed by atoms with van der Waals surface area (Å²) in [6, 6.07) is 13.0. The minimum Gasteiger partial charge on any atom is -0.456 e. The Morgan fingerprint density at radius 1 is 0.857 bits per heavy atom. The highest BCUT2D eigenvalue weighted by atomic mass is 35.5. The highest BCUT2D eigenvalue weighted by Gasteiger charge is 2.44. The maximum atomic E-state index is 13.1. The van der Waals surface area contributed by atoms with Crippen LogP contribution in [0.2, 0.25) is 10.0 Å². The van der Waals surface area contributed by atoms with Crippen LogP contribution in [0.25, 0.3) is 0 Å². The number of carbonyl (C=O) groups is 5. The Hall–Kier alpha value is -4.06. The zero-order chi connectivity index (χ0) is 30.8. The third kappa shape index (κ3) is 7.04. The standard InChI is InChI=1S/C29H23Cl2NO9S/c1-16-3-5-18(6-4-16)28(36)41-19-9-7-17(8-10-19)25(33)15-40-29(37)24(11-12-42(2,38)39)32-26(34)20-13-22(30)23(31)14-21(20)27(32)35/h3-10,13-14,24H,11-12,15H2,1-2H3/t24-/m1/s1. The molecule has 218 valence electrons. The van der Waals surface area contributed by atoms with Crippen molar-refractivity contribution in [3.8, 4) is 5.75 Å². The molecule has 1 atom stereocenters. The van der Waals surface area contributed by atoms with Gasteiger partial charge in [0.1, 0.15) is 21.6 Å². The molecule has 4 rings (SSSR count). The van der Waals surface area contributed by atoms with Gasteiger partial charge in [-0.2, -0.15) is 0 Å². The number of carbonyl (C=O) groups excluding carboxylic acids is 5. The lowest BCUT2D eigenvalue weighted by Gasteiger charge is -2.24. The second kappa shape index (κ2) is 12.4. The lowest BCUT2D eigenvalue weighted by atomic mass is 10.1. The number of ether oxygens (including phenoxy) is 2. The molecule has 10 nitrogen and oxygen atoms in total. The minimum atomic E-state index is -3.61. The first-order valence-corrected chi connectivity index (χ1v) is 15.2. The first-order chi connectivity index (χ1) is 19.7. The molecule has 1 aliphatic heterocycles. The van der Waals surface area contributed by atoms with Gasteiger partial charge >= 0.3 is 11.9 Å². The number of hydrogen-bond acceptors (Lipinski definition) is 9. The zero-order valence-corrected chi connectivity index (χ0v) is 24.6. The van der Waals surface area contributed by atoms with Crippen LogP contribution in [0.4, 0.5) is 0 Å². The first-order valence-electron chi connectivity index (χ1n) is 12.4. The first kappa shape index (κ1) is 30.9. The van der Waals surface area contributed by atoms with Gasteiger partial charge < -0.3 is 9.47 Å². The number of Topliss-reactive ketones (excluding diaryl/α,β-unsaturated/α-hetero) is 1. The highest BCUT2D eigenvalue weighted by Crippen LogP contribution is 2.33. The number of aryl methyl sites for hydroxylation is 1. The normalized spacial score (nSPS) is 13.5. The number of hydrogen-bond donors (Lipinski definition) is 0. The molecule has 0 bridgehead atoms. The van der Waals surface area contributed by atoms with Crippen molar-refractivity contribution in [2.24, 2.45) is 0 Å². The molecule has 0 fully saturated rings. The van der Waals surface area contributed by atoms with Crippen molar-refractivity contribution >= 4 is 62.6 Å². The number of benzene rings is 3. The number of amides is 2. The molecule has 1 heterocycles. The van der Waals surface area contributed by atoms with Crippen LogP contribution in [0.3, 0.4) is 0 Å². The Labute approximate surface area is 251 Å². The third-order valence-corrected chi connectivity index (χ3v) is 8.02. The summed E-state index contributed by atoms with van der Waals surface area (Å²) in [5.41, 5.74) is 1.24. The summed E-state index contributed by atoms with van der Waals surface area (Å²) >= 11 is 12.0. The van der Waals surface area contributed by atoms with Crippen molar-refractivity contribution in [3.05, 3.63) is 98.5 Å². The zero-order valence-electron chi connectivity index (χ0n) is 22.3. The summed E-state index contributed by atoms with van der Waals surface area (Å²) in [5, 5.41) is 0.0189. The van der Waals surface area contributed by atoms with Crippen molar-refractivity contribution < 1.29 is 41.9 Å². The molecular formula is C29H23Cl2NO9S. The average Bonchev–Trinajstić information content (AvgIpc) is 3.16. The quantitative estimate of drug-likeness (QED) is 0.138. The number of nitrogens with zero attached hydrogens (tertiary/aromatic N) is 1. The molecule has 0 spiro atoms. The van der Waals surface area contributed by atoms with Crippen molar-refractivity contribution in [2.75, 3.05) is 18.6 Å². The summed E-state index contributed by atoms with van der Waals surface area (Å²) < 4.78 is 34.1. The van der Waals surface area contributed by atoms with Gasteiger partial charge in [0.15, 0.2) is 12.4 Å². The topological polar surface area (TPSA) is 141 Å². The van der Waals surface area contributed by atoms with E-state index >= 15 is 0 Å². The fraction of sp³-hybridized carbons (Fsp3) is 0.207. The van der Waals surface area contributed by atoms with E-state index in [0.29, 0.717) is 10.5 Å². The monoisotopic (exact) mass is 631 g/mol. The van der Waals surface area contributed by atoms with Crippen molar-refractivity contribution in [1.82, 2.24) is 4.90 Å². The van der Waals surface area contributed by atoms with Gasteiger partial charge in [-0.3, -0.25) is 19.3 Å². The van der Waals surface area contributed by atoms with Crippen LogP contribution in [-0.2, 0) is 19.4 Å². The summed E-state index contributed by atoms with van der Waals surface area (Å²) in [6.07, 6.45) is 0.475. The molecular weight excluding hydrogens is 609 g/mol. The third-order valence-electron chi connectivity index (χ3n) is 6.32. The van der Waals surface area contributed by atoms with Crippen LogP contribution in [-0.4, -0.2) is 67.5 Å². The molecule has 1 aliphatic rings. The van der Waals surface area contributed by atoms with Gasteiger partial charge in [-0.25, -0.2) is 18.0 Å². The Kier molecular flexibility index (Phi) is 9.15.